The maximum Gasteiger partial charge on any atom is 0.337 e. The van der Waals surface area contributed by atoms with E-state index >= 15 is 0 Å². The molecule has 0 saturated carbocycles. The van der Waals surface area contributed by atoms with E-state index in [1.165, 1.54) is 7.11 Å². The molecule has 2 rings (SSSR count). The zero-order chi connectivity index (χ0) is 18.0. The fourth-order valence-corrected chi connectivity index (χ4v) is 3.76. The number of hydroxylamine groups is 2. The third-order valence-electron chi connectivity index (χ3n) is 5.11. The second-order valence-corrected chi connectivity index (χ2v) is 8.02. The molecule has 1 aliphatic heterocycles. The molecule has 2 unspecified atom stereocenters. The molecule has 0 aromatic heterocycles. The normalized spacial score (nSPS) is 22.6. The smallest absolute Gasteiger partial charge is 0.337 e. The van der Waals surface area contributed by atoms with Crippen LogP contribution in [0.4, 0.5) is 0 Å². The van der Waals surface area contributed by atoms with Gasteiger partial charge in [-0.1, -0.05) is 37.3 Å². The molecule has 0 amide bonds. The molecule has 0 N–H and O–H groups in total. The molecule has 4 nitrogen and oxygen atoms in total. The predicted molar refractivity (Wildman–Crippen MR) is 95.6 cm³/mol. The van der Waals surface area contributed by atoms with Gasteiger partial charge in [-0.05, 0) is 52.5 Å². The molecular weight excluding hydrogens is 302 g/mol. The maximum atomic E-state index is 12.4. The monoisotopic (exact) mass is 333 g/mol. The molecule has 1 heterocycles. The zero-order valence-electron chi connectivity index (χ0n) is 15.8. The highest BCUT2D eigenvalue weighted by atomic mass is 16.7. The van der Waals surface area contributed by atoms with Gasteiger partial charge in [-0.15, -0.1) is 0 Å². The summed E-state index contributed by atoms with van der Waals surface area (Å²) in [6.45, 7) is 10.7. The summed E-state index contributed by atoms with van der Waals surface area (Å²) in [6, 6.07) is 9.98. The Hall–Kier alpha value is -1.39. The number of esters is 1. The number of benzene rings is 1. The van der Waals surface area contributed by atoms with E-state index in [2.05, 4.69) is 27.7 Å². The molecule has 0 bridgehead atoms. The third-order valence-corrected chi connectivity index (χ3v) is 5.11. The van der Waals surface area contributed by atoms with E-state index in [0.29, 0.717) is 0 Å². The lowest BCUT2D eigenvalue weighted by atomic mass is 9.82. The number of carbonyl (C=O) groups excluding carboxylic acids is 1. The average molecular weight is 333 g/mol. The van der Waals surface area contributed by atoms with E-state index in [4.69, 9.17) is 9.57 Å². The summed E-state index contributed by atoms with van der Waals surface area (Å²) in [7, 11) is 1.42. The molecule has 1 aromatic carbocycles. The number of nitrogens with zero attached hydrogens (tertiary/aromatic N) is 1. The van der Waals surface area contributed by atoms with Crippen LogP contribution in [-0.4, -0.2) is 35.3 Å². The molecule has 1 saturated heterocycles. The van der Waals surface area contributed by atoms with E-state index in [1.54, 1.807) is 0 Å². The fraction of sp³-hybridized carbons (Fsp3) is 0.650. The Morgan fingerprint density at radius 2 is 1.62 bits per heavy atom. The van der Waals surface area contributed by atoms with Gasteiger partial charge in [0.1, 0.15) is 0 Å². The minimum absolute atomic E-state index is 0.0906. The van der Waals surface area contributed by atoms with Crippen LogP contribution in [0.1, 0.15) is 65.4 Å². The average Bonchev–Trinajstić information content (AvgIpc) is 2.53. The van der Waals surface area contributed by atoms with Crippen molar-refractivity contribution in [2.75, 3.05) is 7.11 Å². The number of hydrogen-bond donors (Lipinski definition) is 0. The highest BCUT2D eigenvalue weighted by Gasteiger charge is 2.45. The minimum atomic E-state index is -0.658. The summed E-state index contributed by atoms with van der Waals surface area (Å²) in [5.74, 6) is -0.421. The largest absolute Gasteiger partial charge is 0.467 e. The van der Waals surface area contributed by atoms with Gasteiger partial charge in [0.25, 0.3) is 0 Å². The minimum Gasteiger partial charge on any atom is -0.467 e. The summed E-state index contributed by atoms with van der Waals surface area (Å²) in [4.78, 5) is 18.8. The molecule has 0 spiro atoms. The summed E-state index contributed by atoms with van der Waals surface area (Å²) in [5.41, 5.74) is 0.829. The van der Waals surface area contributed by atoms with Crippen LogP contribution in [0.5, 0.6) is 0 Å². The standard InChI is InChI=1S/C20H31NO3/c1-15(16-11-8-7-9-12-16)17(18(22)23-6)24-21-19(2,3)13-10-14-20(21,4)5/h7-9,11-12,15,17H,10,13-14H2,1-6H3. The highest BCUT2D eigenvalue weighted by Crippen LogP contribution is 2.40. The van der Waals surface area contributed by atoms with E-state index in [0.717, 1.165) is 24.8 Å². The van der Waals surface area contributed by atoms with Crippen LogP contribution in [0.2, 0.25) is 0 Å². The van der Waals surface area contributed by atoms with Gasteiger partial charge in [0, 0.05) is 17.0 Å². The number of carbonyl (C=O) groups is 1. The van der Waals surface area contributed by atoms with Gasteiger partial charge < -0.3 is 4.74 Å². The zero-order valence-corrected chi connectivity index (χ0v) is 15.8. The SMILES string of the molecule is COC(=O)C(ON1C(C)(C)CCCC1(C)C)C(C)c1ccccc1. The van der Waals surface area contributed by atoms with E-state index in [9.17, 15) is 4.79 Å². The Morgan fingerprint density at radius 1 is 1.08 bits per heavy atom. The van der Waals surface area contributed by atoms with Crippen molar-refractivity contribution in [2.24, 2.45) is 0 Å². The van der Waals surface area contributed by atoms with Crippen LogP contribution in [0, 0.1) is 0 Å². The van der Waals surface area contributed by atoms with Crippen molar-refractivity contribution in [1.82, 2.24) is 5.06 Å². The van der Waals surface area contributed by atoms with Gasteiger partial charge >= 0.3 is 5.97 Å². The number of piperidine rings is 1. The van der Waals surface area contributed by atoms with Crippen molar-refractivity contribution >= 4 is 5.97 Å². The number of hydrogen-bond acceptors (Lipinski definition) is 4. The van der Waals surface area contributed by atoms with E-state index in [1.807, 2.05) is 42.3 Å². The van der Waals surface area contributed by atoms with Crippen LogP contribution in [0.3, 0.4) is 0 Å². The lowest BCUT2D eigenvalue weighted by molar-refractivity contribution is -0.304. The van der Waals surface area contributed by atoms with Crippen molar-refractivity contribution in [1.29, 1.82) is 0 Å². The van der Waals surface area contributed by atoms with E-state index < -0.39 is 6.10 Å². The lowest BCUT2D eigenvalue weighted by Crippen LogP contribution is -2.60. The topological polar surface area (TPSA) is 38.8 Å². The molecule has 134 valence electrons. The van der Waals surface area contributed by atoms with Crippen LogP contribution in [0.15, 0.2) is 30.3 Å². The summed E-state index contributed by atoms with van der Waals surface area (Å²) >= 11 is 0. The molecule has 1 fully saturated rings. The second-order valence-electron chi connectivity index (χ2n) is 8.02. The van der Waals surface area contributed by atoms with Gasteiger partial charge in [0.15, 0.2) is 6.10 Å². The molecule has 0 aliphatic carbocycles. The molecule has 4 heteroatoms. The number of rotatable bonds is 5. The Kier molecular flexibility index (Phi) is 5.71. The molecular formula is C20H31NO3. The Morgan fingerprint density at radius 3 is 2.12 bits per heavy atom. The first kappa shape index (κ1) is 18.9. The van der Waals surface area contributed by atoms with Crippen LogP contribution >= 0.6 is 0 Å². The second kappa shape index (κ2) is 7.24. The molecule has 1 aliphatic rings. The van der Waals surface area contributed by atoms with Crippen molar-refractivity contribution in [2.45, 2.75) is 77.0 Å². The quantitative estimate of drug-likeness (QED) is 0.753. The first-order valence-corrected chi connectivity index (χ1v) is 8.79. The third kappa shape index (κ3) is 3.98. The first-order valence-electron chi connectivity index (χ1n) is 8.79. The van der Waals surface area contributed by atoms with Gasteiger partial charge in [0.2, 0.25) is 0 Å². The van der Waals surface area contributed by atoms with Crippen molar-refractivity contribution in [3.05, 3.63) is 35.9 Å². The fourth-order valence-electron chi connectivity index (χ4n) is 3.76. The van der Waals surface area contributed by atoms with Crippen molar-refractivity contribution in [3.63, 3.8) is 0 Å². The lowest BCUT2D eigenvalue weighted by Gasteiger charge is -2.52. The van der Waals surface area contributed by atoms with Crippen LogP contribution < -0.4 is 0 Å². The molecule has 1 aromatic rings. The summed E-state index contributed by atoms with van der Waals surface area (Å²) in [5, 5.41) is 2.03. The van der Waals surface area contributed by atoms with Crippen LogP contribution in [-0.2, 0) is 14.4 Å². The summed E-state index contributed by atoms with van der Waals surface area (Å²) < 4.78 is 5.04. The van der Waals surface area contributed by atoms with Crippen LogP contribution in [0.25, 0.3) is 0 Å². The molecule has 24 heavy (non-hydrogen) atoms. The maximum absolute atomic E-state index is 12.4. The van der Waals surface area contributed by atoms with Gasteiger partial charge in [-0.3, -0.25) is 4.84 Å². The molecule has 2 atom stereocenters. The summed E-state index contributed by atoms with van der Waals surface area (Å²) in [6.07, 6.45) is 2.60. The number of ether oxygens (including phenoxy) is 1. The predicted octanol–water partition coefficient (Wildman–Crippen LogP) is 4.31. The van der Waals surface area contributed by atoms with Crippen molar-refractivity contribution in [3.8, 4) is 0 Å². The Bertz CT molecular complexity index is 537. The highest BCUT2D eigenvalue weighted by molar-refractivity contribution is 5.75. The van der Waals surface area contributed by atoms with E-state index in [-0.39, 0.29) is 23.0 Å². The van der Waals surface area contributed by atoms with Crippen molar-refractivity contribution < 1.29 is 14.4 Å². The Labute approximate surface area is 146 Å². The molecule has 0 radical (unpaired) electrons. The van der Waals surface area contributed by atoms with Gasteiger partial charge in [0.05, 0.1) is 7.11 Å². The number of methoxy groups -OCH3 is 1. The first-order chi connectivity index (χ1) is 11.2. The van der Waals surface area contributed by atoms with Gasteiger partial charge in [-0.25, -0.2) is 4.79 Å². The van der Waals surface area contributed by atoms with Gasteiger partial charge in [-0.2, -0.15) is 5.06 Å². The Balaban J connectivity index is 2.30.